The van der Waals surface area contributed by atoms with Crippen molar-refractivity contribution < 1.29 is 14.1 Å². The molecule has 5 nitrogen and oxygen atoms in total. The molecule has 4 rings (SSSR count). The van der Waals surface area contributed by atoms with E-state index in [-0.39, 0.29) is 11.6 Å². The molecule has 26 heavy (non-hydrogen) atoms. The number of aromatic nitrogens is 1. The molecule has 0 unspecified atom stereocenters. The molecule has 2 aromatic rings. The predicted octanol–water partition coefficient (Wildman–Crippen LogP) is 4.14. The molecule has 1 N–H and O–H groups in total. The Kier molecular flexibility index (Phi) is 3.31. The van der Waals surface area contributed by atoms with Gasteiger partial charge in [-0.1, -0.05) is 5.16 Å². The van der Waals surface area contributed by atoms with Crippen LogP contribution in [0.3, 0.4) is 0 Å². The topological polar surface area (TPSA) is 72.2 Å². The second kappa shape index (κ2) is 5.06. The van der Waals surface area contributed by atoms with Gasteiger partial charge in [0.25, 0.3) is 0 Å². The maximum Gasteiger partial charge on any atom is 0.167 e. The zero-order chi connectivity index (χ0) is 19.0. The molecule has 0 spiro atoms. The van der Waals surface area contributed by atoms with Gasteiger partial charge >= 0.3 is 0 Å². The summed E-state index contributed by atoms with van der Waals surface area (Å²) < 4.78 is 5.35. The van der Waals surface area contributed by atoms with E-state index in [0.29, 0.717) is 18.6 Å². The number of nitrogens with one attached hydrogen (secondary N) is 1. The first-order valence-corrected chi connectivity index (χ1v) is 9.05. The van der Waals surface area contributed by atoms with Crippen molar-refractivity contribution in [3.05, 3.63) is 34.2 Å². The van der Waals surface area contributed by atoms with Crippen LogP contribution in [0.25, 0.3) is 11.1 Å². The molecule has 1 aliphatic heterocycles. The summed E-state index contributed by atoms with van der Waals surface area (Å²) in [7, 11) is 0. The third-order valence-electron chi connectivity index (χ3n) is 5.86. The van der Waals surface area contributed by atoms with E-state index in [1.165, 1.54) is 0 Å². The smallest absolute Gasteiger partial charge is 0.167 e. The molecule has 0 atom stereocenters. The number of rotatable bonds is 1. The fourth-order valence-electron chi connectivity index (χ4n) is 4.64. The summed E-state index contributed by atoms with van der Waals surface area (Å²) in [5.74, 6) is 0.983. The standard InChI is InChI=1S/C21H24N2O3/c1-10-16(11(2)26-23-10)13-9-14-18(12-7-8-15(24)17(12)13)22-21(5,6)19(25)20(14,3)4/h9,22H,7-8H2,1-6H3. The Morgan fingerprint density at radius 2 is 1.77 bits per heavy atom. The van der Waals surface area contributed by atoms with Crippen molar-refractivity contribution in [2.75, 3.05) is 5.32 Å². The van der Waals surface area contributed by atoms with E-state index in [2.05, 4.69) is 10.5 Å². The second-order valence-electron chi connectivity index (χ2n) is 8.53. The summed E-state index contributed by atoms with van der Waals surface area (Å²) in [6.07, 6.45) is 1.19. The van der Waals surface area contributed by atoms with Gasteiger partial charge in [0.15, 0.2) is 11.6 Å². The SMILES string of the molecule is Cc1noc(C)c1-c1cc2c(c3c1C(=O)CC3)NC(C)(C)C(=O)C2(C)C. The third kappa shape index (κ3) is 2.06. The number of carbonyl (C=O) groups is 2. The van der Waals surface area contributed by atoms with Crippen LogP contribution >= 0.6 is 0 Å². The summed E-state index contributed by atoms with van der Waals surface area (Å²) in [6, 6.07) is 2.00. The minimum absolute atomic E-state index is 0.145. The fourth-order valence-corrected chi connectivity index (χ4v) is 4.64. The lowest BCUT2D eigenvalue weighted by atomic mass is 9.68. The Hall–Kier alpha value is -2.43. The first-order chi connectivity index (χ1) is 12.1. The predicted molar refractivity (Wildman–Crippen MR) is 99.8 cm³/mol. The van der Waals surface area contributed by atoms with Crippen LogP contribution in [0.4, 0.5) is 5.69 Å². The number of ketones is 2. The molecule has 136 valence electrons. The van der Waals surface area contributed by atoms with Crippen molar-refractivity contribution >= 4 is 17.3 Å². The van der Waals surface area contributed by atoms with Gasteiger partial charge in [-0.05, 0) is 70.7 Å². The number of aryl methyl sites for hydroxylation is 2. The fraction of sp³-hybridized carbons (Fsp3) is 0.476. The Morgan fingerprint density at radius 3 is 2.38 bits per heavy atom. The van der Waals surface area contributed by atoms with Gasteiger partial charge < -0.3 is 9.84 Å². The van der Waals surface area contributed by atoms with Gasteiger partial charge in [0, 0.05) is 23.2 Å². The van der Waals surface area contributed by atoms with Crippen LogP contribution in [-0.4, -0.2) is 22.3 Å². The maximum atomic E-state index is 13.1. The van der Waals surface area contributed by atoms with Gasteiger partial charge in [-0.25, -0.2) is 0 Å². The number of hydrogen-bond donors (Lipinski definition) is 1. The lowest BCUT2D eigenvalue weighted by molar-refractivity contribution is -0.127. The highest BCUT2D eigenvalue weighted by Gasteiger charge is 2.48. The summed E-state index contributed by atoms with van der Waals surface area (Å²) in [5.41, 5.74) is 4.85. The highest BCUT2D eigenvalue weighted by molar-refractivity contribution is 6.11. The normalized spacial score (nSPS) is 19.9. The minimum Gasteiger partial charge on any atom is -0.373 e. The van der Waals surface area contributed by atoms with Crippen molar-refractivity contribution in [2.45, 2.75) is 65.3 Å². The van der Waals surface area contributed by atoms with E-state index in [9.17, 15) is 9.59 Å². The van der Waals surface area contributed by atoms with Gasteiger partial charge in [-0.2, -0.15) is 0 Å². The molecule has 2 aliphatic rings. The number of Topliss-reactive ketones (excluding diaryl/α,β-unsaturated/α-hetero) is 2. The van der Waals surface area contributed by atoms with Crippen molar-refractivity contribution in [2.24, 2.45) is 0 Å². The molecule has 1 aromatic carbocycles. The quantitative estimate of drug-likeness (QED) is 0.835. The Labute approximate surface area is 153 Å². The molecule has 0 saturated heterocycles. The number of carbonyl (C=O) groups excluding carboxylic acids is 2. The molecule has 0 saturated carbocycles. The van der Waals surface area contributed by atoms with Crippen LogP contribution in [-0.2, 0) is 16.6 Å². The molecule has 0 fully saturated rings. The van der Waals surface area contributed by atoms with Crippen LogP contribution in [0.1, 0.15) is 67.1 Å². The first kappa shape index (κ1) is 17.0. The first-order valence-electron chi connectivity index (χ1n) is 9.05. The van der Waals surface area contributed by atoms with E-state index < -0.39 is 11.0 Å². The van der Waals surface area contributed by atoms with Gasteiger partial charge in [-0.15, -0.1) is 0 Å². The average molecular weight is 352 g/mol. The highest BCUT2D eigenvalue weighted by Crippen LogP contribution is 2.48. The lowest BCUT2D eigenvalue weighted by Crippen LogP contribution is -2.53. The van der Waals surface area contributed by atoms with Crippen LogP contribution in [0.15, 0.2) is 10.6 Å². The Balaban J connectivity index is 2.10. The van der Waals surface area contributed by atoms with E-state index in [1.54, 1.807) is 0 Å². The Morgan fingerprint density at radius 1 is 1.08 bits per heavy atom. The third-order valence-corrected chi connectivity index (χ3v) is 5.86. The number of benzene rings is 1. The van der Waals surface area contributed by atoms with Crippen LogP contribution in [0.2, 0.25) is 0 Å². The zero-order valence-electron chi connectivity index (χ0n) is 16.2. The van der Waals surface area contributed by atoms with Gasteiger partial charge in [0.1, 0.15) is 5.76 Å². The number of fused-ring (bicyclic) bond motifs is 3. The molecule has 0 radical (unpaired) electrons. The summed E-state index contributed by atoms with van der Waals surface area (Å²) in [6.45, 7) is 11.5. The van der Waals surface area contributed by atoms with E-state index in [1.807, 2.05) is 47.6 Å². The van der Waals surface area contributed by atoms with E-state index >= 15 is 0 Å². The molecule has 0 bridgehead atoms. The monoisotopic (exact) mass is 352 g/mol. The van der Waals surface area contributed by atoms with Gasteiger partial charge in [0.05, 0.1) is 16.6 Å². The number of anilines is 1. The maximum absolute atomic E-state index is 13.1. The van der Waals surface area contributed by atoms with Crippen LogP contribution in [0.5, 0.6) is 0 Å². The van der Waals surface area contributed by atoms with Crippen LogP contribution < -0.4 is 5.32 Å². The van der Waals surface area contributed by atoms with Crippen molar-refractivity contribution in [1.82, 2.24) is 5.16 Å². The van der Waals surface area contributed by atoms with Crippen LogP contribution in [0, 0.1) is 13.8 Å². The second-order valence-corrected chi connectivity index (χ2v) is 8.53. The van der Waals surface area contributed by atoms with E-state index in [0.717, 1.165) is 39.2 Å². The van der Waals surface area contributed by atoms with E-state index in [4.69, 9.17) is 4.52 Å². The van der Waals surface area contributed by atoms with Gasteiger partial charge in [0.2, 0.25) is 0 Å². The number of nitrogens with zero attached hydrogens (tertiary/aromatic N) is 1. The largest absolute Gasteiger partial charge is 0.373 e. The molecule has 5 heteroatoms. The average Bonchev–Trinajstić information content (AvgIpc) is 3.09. The number of hydrogen-bond acceptors (Lipinski definition) is 5. The molecular weight excluding hydrogens is 328 g/mol. The summed E-state index contributed by atoms with van der Waals surface area (Å²) >= 11 is 0. The zero-order valence-corrected chi connectivity index (χ0v) is 16.2. The summed E-state index contributed by atoms with van der Waals surface area (Å²) in [5, 5.41) is 7.48. The molecule has 1 aromatic heterocycles. The van der Waals surface area contributed by atoms with Crippen molar-refractivity contribution in [1.29, 1.82) is 0 Å². The minimum atomic E-state index is -0.666. The molecule has 1 aliphatic carbocycles. The van der Waals surface area contributed by atoms with Crippen molar-refractivity contribution in [3.63, 3.8) is 0 Å². The highest BCUT2D eigenvalue weighted by atomic mass is 16.5. The molecule has 2 heterocycles. The molecular formula is C21H24N2O3. The summed E-state index contributed by atoms with van der Waals surface area (Å²) in [4.78, 5) is 25.8. The van der Waals surface area contributed by atoms with Crippen molar-refractivity contribution in [3.8, 4) is 11.1 Å². The Bertz CT molecular complexity index is 960. The molecule has 0 amide bonds. The van der Waals surface area contributed by atoms with Gasteiger partial charge in [-0.3, -0.25) is 9.59 Å². The lowest BCUT2D eigenvalue weighted by Gasteiger charge is -2.43.